The molecule has 0 saturated heterocycles. The summed E-state index contributed by atoms with van der Waals surface area (Å²) >= 11 is 0. The van der Waals surface area contributed by atoms with E-state index in [9.17, 15) is 26.4 Å². The number of nitrogens with one attached hydrogen (secondary N) is 1. The standard InChI is InChI=1S/C24H16F3NO6S/c25-24(26,27)19-12-23(29)34-20-7-3-15(10-18(19)20)9-14-1-5-17(6-2-14)35(30,31)28-16-4-8-21-22(11-16)33-13-32-21/h1-8,10-12,28H,9,13H2. The lowest BCUT2D eigenvalue weighted by atomic mass is 10.0. The summed E-state index contributed by atoms with van der Waals surface area (Å²) in [6, 6.07) is 15.3. The van der Waals surface area contributed by atoms with Crippen molar-refractivity contribution in [3.8, 4) is 11.5 Å². The largest absolute Gasteiger partial charge is 0.454 e. The van der Waals surface area contributed by atoms with Gasteiger partial charge in [0.25, 0.3) is 10.0 Å². The second-order valence-corrected chi connectivity index (χ2v) is 9.48. The van der Waals surface area contributed by atoms with Crippen molar-refractivity contribution in [1.82, 2.24) is 0 Å². The fourth-order valence-corrected chi connectivity index (χ4v) is 4.80. The Morgan fingerprint density at radius 3 is 2.31 bits per heavy atom. The van der Waals surface area contributed by atoms with Crippen LogP contribution in [-0.2, 0) is 22.6 Å². The lowest BCUT2D eigenvalue weighted by molar-refractivity contribution is -0.136. The third-order valence-corrected chi connectivity index (χ3v) is 6.78. The Morgan fingerprint density at radius 1 is 0.857 bits per heavy atom. The van der Waals surface area contributed by atoms with E-state index in [0.29, 0.717) is 34.4 Å². The molecule has 0 bridgehead atoms. The molecular formula is C24H16F3NO6S. The molecule has 0 fully saturated rings. The van der Waals surface area contributed by atoms with Crippen molar-refractivity contribution in [2.75, 3.05) is 11.5 Å². The molecular weight excluding hydrogens is 487 g/mol. The summed E-state index contributed by atoms with van der Waals surface area (Å²) in [5.74, 6) is 0.958. The molecule has 11 heteroatoms. The van der Waals surface area contributed by atoms with Crippen molar-refractivity contribution in [1.29, 1.82) is 0 Å². The van der Waals surface area contributed by atoms with Crippen LogP contribution in [0.15, 0.2) is 80.8 Å². The molecule has 1 aliphatic rings. The first-order valence-electron chi connectivity index (χ1n) is 10.2. The fourth-order valence-electron chi connectivity index (χ4n) is 3.75. The number of ether oxygens (including phenoxy) is 2. The van der Waals surface area contributed by atoms with Crippen LogP contribution in [0.2, 0.25) is 0 Å². The van der Waals surface area contributed by atoms with E-state index in [1.807, 2.05) is 0 Å². The van der Waals surface area contributed by atoms with E-state index in [2.05, 4.69) is 4.72 Å². The number of hydrogen-bond donors (Lipinski definition) is 1. The highest BCUT2D eigenvalue weighted by Crippen LogP contribution is 2.36. The van der Waals surface area contributed by atoms with Gasteiger partial charge in [0.2, 0.25) is 6.79 Å². The lowest BCUT2D eigenvalue weighted by Gasteiger charge is -2.11. The molecule has 4 aromatic rings. The zero-order valence-electron chi connectivity index (χ0n) is 17.8. The van der Waals surface area contributed by atoms with E-state index in [4.69, 9.17) is 13.9 Å². The van der Waals surface area contributed by atoms with Crippen LogP contribution in [0.25, 0.3) is 11.0 Å². The summed E-state index contributed by atoms with van der Waals surface area (Å²) in [6.45, 7) is 0.0656. The van der Waals surface area contributed by atoms with E-state index in [1.165, 1.54) is 30.3 Å². The first kappa shape index (κ1) is 22.8. The predicted molar refractivity (Wildman–Crippen MR) is 120 cm³/mol. The van der Waals surface area contributed by atoms with Gasteiger partial charge in [0.05, 0.1) is 16.1 Å². The Balaban J connectivity index is 1.37. The van der Waals surface area contributed by atoms with Crippen LogP contribution in [0, 0.1) is 0 Å². The van der Waals surface area contributed by atoms with Crippen LogP contribution >= 0.6 is 0 Å². The minimum atomic E-state index is -4.71. The molecule has 35 heavy (non-hydrogen) atoms. The van der Waals surface area contributed by atoms with Gasteiger partial charge in [-0.25, -0.2) is 13.2 Å². The second kappa shape index (κ2) is 8.35. The van der Waals surface area contributed by atoms with Crippen molar-refractivity contribution in [3.63, 3.8) is 0 Å². The molecule has 0 spiro atoms. The Bertz CT molecular complexity index is 1590. The van der Waals surface area contributed by atoms with Gasteiger partial charge in [-0.15, -0.1) is 0 Å². The van der Waals surface area contributed by atoms with E-state index in [1.54, 1.807) is 30.3 Å². The SMILES string of the molecule is O=c1cc(C(F)(F)F)c2cc(Cc3ccc(S(=O)(=O)Nc4ccc5c(c4)OCO5)cc3)ccc2o1. The zero-order valence-corrected chi connectivity index (χ0v) is 18.6. The Labute approximate surface area is 196 Å². The highest BCUT2D eigenvalue weighted by molar-refractivity contribution is 7.92. The molecule has 0 unspecified atom stereocenters. The highest BCUT2D eigenvalue weighted by atomic mass is 32.2. The molecule has 7 nitrogen and oxygen atoms in total. The van der Waals surface area contributed by atoms with Gasteiger partial charge in [0, 0.05) is 17.5 Å². The Hall–Kier alpha value is -3.99. The molecule has 0 radical (unpaired) electrons. The number of rotatable bonds is 5. The molecule has 180 valence electrons. The predicted octanol–water partition coefficient (Wildman–Crippen LogP) is 4.93. The molecule has 1 aliphatic heterocycles. The van der Waals surface area contributed by atoms with Crippen molar-refractivity contribution < 1.29 is 35.5 Å². The third-order valence-electron chi connectivity index (χ3n) is 5.38. The topological polar surface area (TPSA) is 94.8 Å². The van der Waals surface area contributed by atoms with Crippen molar-refractivity contribution in [2.24, 2.45) is 0 Å². The minimum absolute atomic E-state index is 0.0126. The quantitative estimate of drug-likeness (QED) is 0.388. The van der Waals surface area contributed by atoms with Gasteiger partial charge in [0.15, 0.2) is 11.5 Å². The first-order chi connectivity index (χ1) is 16.6. The molecule has 1 N–H and O–H groups in total. The van der Waals surface area contributed by atoms with Crippen molar-refractivity contribution in [2.45, 2.75) is 17.5 Å². The molecule has 0 atom stereocenters. The maximum absolute atomic E-state index is 13.4. The van der Waals surface area contributed by atoms with Gasteiger partial charge in [0.1, 0.15) is 5.58 Å². The molecule has 2 heterocycles. The van der Waals surface area contributed by atoms with Gasteiger partial charge in [-0.3, -0.25) is 4.72 Å². The average molecular weight is 503 g/mol. The highest BCUT2D eigenvalue weighted by Gasteiger charge is 2.34. The Kier molecular flexibility index (Phi) is 5.43. The number of halogens is 3. The first-order valence-corrected chi connectivity index (χ1v) is 11.7. The number of anilines is 1. The molecule has 0 amide bonds. The van der Waals surface area contributed by atoms with Crippen LogP contribution in [-0.4, -0.2) is 15.2 Å². The lowest BCUT2D eigenvalue weighted by Crippen LogP contribution is -2.13. The van der Waals surface area contributed by atoms with Crippen LogP contribution in [0.3, 0.4) is 0 Å². The number of fused-ring (bicyclic) bond motifs is 2. The fraction of sp³-hybridized carbons (Fsp3) is 0.125. The number of hydrogen-bond acceptors (Lipinski definition) is 6. The molecule has 3 aromatic carbocycles. The summed E-state index contributed by atoms with van der Waals surface area (Å²) in [7, 11) is -3.89. The smallest absolute Gasteiger partial charge is 0.417 e. The summed E-state index contributed by atoms with van der Waals surface area (Å²) < 4.78 is 83.4. The molecule has 0 aliphatic carbocycles. The van der Waals surface area contributed by atoms with E-state index in [-0.39, 0.29) is 29.1 Å². The summed E-state index contributed by atoms with van der Waals surface area (Å²) in [6.07, 6.45) is -4.48. The number of sulfonamides is 1. The van der Waals surface area contributed by atoms with Crippen molar-refractivity contribution in [3.05, 3.63) is 93.8 Å². The summed E-state index contributed by atoms with van der Waals surface area (Å²) in [5.41, 5.74) is -0.792. The van der Waals surface area contributed by atoms with Gasteiger partial charge >= 0.3 is 11.8 Å². The Morgan fingerprint density at radius 2 is 1.57 bits per heavy atom. The maximum atomic E-state index is 13.4. The zero-order chi connectivity index (χ0) is 24.8. The van der Waals surface area contributed by atoms with Crippen LogP contribution in [0.1, 0.15) is 16.7 Å². The average Bonchev–Trinajstić information content (AvgIpc) is 3.26. The third kappa shape index (κ3) is 4.67. The van der Waals surface area contributed by atoms with Crippen LogP contribution < -0.4 is 19.8 Å². The van der Waals surface area contributed by atoms with Gasteiger partial charge in [-0.1, -0.05) is 18.2 Å². The van der Waals surface area contributed by atoms with E-state index >= 15 is 0 Å². The van der Waals surface area contributed by atoms with Gasteiger partial charge in [-0.05, 0) is 53.9 Å². The monoisotopic (exact) mass is 503 g/mol. The number of benzene rings is 3. The second-order valence-electron chi connectivity index (χ2n) is 7.80. The summed E-state index contributed by atoms with van der Waals surface area (Å²) in [5, 5.41) is -0.221. The minimum Gasteiger partial charge on any atom is -0.454 e. The molecule has 1 aromatic heterocycles. The van der Waals surface area contributed by atoms with Gasteiger partial charge < -0.3 is 13.9 Å². The number of alkyl halides is 3. The van der Waals surface area contributed by atoms with Crippen LogP contribution in [0.5, 0.6) is 11.5 Å². The molecule has 5 rings (SSSR count). The summed E-state index contributed by atoms with van der Waals surface area (Å²) in [4.78, 5) is 11.5. The maximum Gasteiger partial charge on any atom is 0.417 e. The normalized spacial score (nSPS) is 13.2. The van der Waals surface area contributed by atoms with E-state index < -0.39 is 27.4 Å². The van der Waals surface area contributed by atoms with Crippen molar-refractivity contribution >= 4 is 26.7 Å². The van der Waals surface area contributed by atoms with Crippen LogP contribution in [0.4, 0.5) is 18.9 Å². The van der Waals surface area contributed by atoms with E-state index in [0.717, 1.165) is 0 Å². The van der Waals surface area contributed by atoms with Gasteiger partial charge in [-0.2, -0.15) is 13.2 Å². The molecule has 0 saturated carbocycles.